The quantitative estimate of drug-likeness (QED) is 0.248. The molecule has 2 aromatic carbocycles. The Morgan fingerprint density at radius 3 is 2.36 bits per heavy atom. The van der Waals surface area contributed by atoms with Gasteiger partial charge in [0.05, 0.1) is 42.1 Å². The van der Waals surface area contributed by atoms with Crippen LogP contribution in [-0.2, 0) is 6.18 Å². The number of aromatic nitrogens is 2. The molecule has 1 aromatic heterocycles. The van der Waals surface area contributed by atoms with E-state index in [9.17, 15) is 32.9 Å². The molecule has 36 heavy (non-hydrogen) atoms. The number of nitrogens with zero attached hydrogens (tertiary/aromatic N) is 2. The maximum Gasteiger partial charge on any atom is 0.416 e. The second-order valence-electron chi connectivity index (χ2n) is 7.58. The van der Waals surface area contributed by atoms with Gasteiger partial charge in [-0.3, -0.25) is 0 Å². The molecule has 0 saturated heterocycles. The zero-order valence-electron chi connectivity index (χ0n) is 18.6. The number of nitrogens with one attached hydrogen (secondary N) is 1. The first-order valence-electron chi connectivity index (χ1n) is 10.3. The number of ether oxygens (including phenoxy) is 2. The minimum Gasteiger partial charge on any atom is -0.493 e. The van der Waals surface area contributed by atoms with Gasteiger partial charge in [-0.25, -0.2) is 14.4 Å². The Bertz CT molecular complexity index is 1200. The van der Waals surface area contributed by atoms with Crippen molar-refractivity contribution in [2.75, 3.05) is 25.6 Å². The van der Waals surface area contributed by atoms with Crippen molar-refractivity contribution in [2.24, 2.45) is 0 Å². The van der Waals surface area contributed by atoms with E-state index >= 15 is 0 Å². The van der Waals surface area contributed by atoms with Crippen molar-refractivity contribution in [2.45, 2.75) is 30.7 Å². The first kappa shape index (κ1) is 27.6. The van der Waals surface area contributed by atoms with Gasteiger partial charge in [0.15, 0.2) is 23.8 Å². The number of methoxy groups -OCH3 is 1. The highest BCUT2D eigenvalue weighted by Crippen LogP contribution is 2.38. The van der Waals surface area contributed by atoms with Crippen LogP contribution in [0.3, 0.4) is 0 Å². The fourth-order valence-electron chi connectivity index (χ4n) is 3.26. The van der Waals surface area contributed by atoms with Crippen LogP contribution in [0.25, 0.3) is 10.9 Å². The Kier molecular flexibility index (Phi) is 8.74. The van der Waals surface area contributed by atoms with Gasteiger partial charge in [-0.15, -0.1) is 0 Å². The van der Waals surface area contributed by atoms with Crippen molar-refractivity contribution in [3.63, 3.8) is 0 Å². The van der Waals surface area contributed by atoms with E-state index in [0.717, 1.165) is 24.5 Å². The van der Waals surface area contributed by atoms with E-state index in [1.807, 2.05) is 0 Å². The van der Waals surface area contributed by atoms with Crippen molar-refractivity contribution in [1.82, 2.24) is 9.97 Å². The van der Waals surface area contributed by atoms with Crippen molar-refractivity contribution >= 4 is 34.0 Å². The van der Waals surface area contributed by atoms with Crippen LogP contribution < -0.4 is 14.8 Å². The van der Waals surface area contributed by atoms with Crippen molar-refractivity contribution in [3.8, 4) is 11.5 Å². The molecule has 0 radical (unpaired) electrons. The predicted molar refractivity (Wildman–Crippen MR) is 121 cm³/mol. The average molecular weight is 536 g/mol. The lowest BCUT2D eigenvalue weighted by Crippen LogP contribution is -2.48. The molecule has 0 spiro atoms. The largest absolute Gasteiger partial charge is 0.493 e. The van der Waals surface area contributed by atoms with Crippen LogP contribution in [0, 0.1) is 0 Å². The Hall–Kier alpha value is -2.97. The number of aliphatic hydroxyl groups is 4. The van der Waals surface area contributed by atoms with Gasteiger partial charge in [0.2, 0.25) is 0 Å². The van der Waals surface area contributed by atoms with Gasteiger partial charge < -0.3 is 35.2 Å². The summed E-state index contributed by atoms with van der Waals surface area (Å²) in [4.78, 5) is 8.15. The third-order valence-corrected chi connectivity index (χ3v) is 5.53. The van der Waals surface area contributed by atoms with E-state index in [-0.39, 0.29) is 33.5 Å². The summed E-state index contributed by atoms with van der Waals surface area (Å²) in [5.74, 6) is 0.0644. The highest BCUT2D eigenvalue weighted by atomic mass is 35.5. The van der Waals surface area contributed by atoms with Crippen LogP contribution in [0.4, 0.5) is 29.1 Å². The summed E-state index contributed by atoms with van der Waals surface area (Å²) >= 11 is 6.06. The Labute approximate surface area is 206 Å². The van der Waals surface area contributed by atoms with E-state index in [4.69, 9.17) is 26.2 Å². The second kappa shape index (κ2) is 11.4. The van der Waals surface area contributed by atoms with Gasteiger partial charge in [0, 0.05) is 11.5 Å². The molecule has 1 heterocycles. The zero-order chi connectivity index (χ0) is 26.6. The first-order valence-corrected chi connectivity index (χ1v) is 10.7. The number of alkyl halides is 4. The van der Waals surface area contributed by atoms with Crippen molar-refractivity contribution < 1.29 is 47.5 Å². The smallest absolute Gasteiger partial charge is 0.416 e. The maximum absolute atomic E-state index is 13.6. The fraction of sp³-hybridized carbons (Fsp3) is 0.364. The normalized spacial score (nSPS) is 15.3. The van der Waals surface area contributed by atoms with E-state index in [1.165, 1.54) is 19.2 Å². The molecule has 196 valence electrons. The summed E-state index contributed by atoms with van der Waals surface area (Å²) in [6.07, 6.45) is -11.1. The Morgan fingerprint density at radius 2 is 1.75 bits per heavy atom. The molecule has 14 heteroatoms. The zero-order valence-corrected chi connectivity index (χ0v) is 19.3. The SMILES string of the molecule is COc1cc2c(Nc3cc(C(F)(F)F)ccc3Cl)ncnc2cc1O[C@H](CO)[C@H](O)[C@@H](O)[C@H](F)CO. The lowest BCUT2D eigenvalue weighted by atomic mass is 10.0. The number of aliphatic hydroxyl groups excluding tert-OH is 4. The molecular formula is C22H22ClF4N3O6. The van der Waals surface area contributed by atoms with Crippen LogP contribution in [-0.4, -0.2) is 75.2 Å². The van der Waals surface area contributed by atoms with E-state index < -0.39 is 49.4 Å². The molecule has 9 nitrogen and oxygen atoms in total. The third kappa shape index (κ3) is 6.05. The van der Waals surface area contributed by atoms with Crippen molar-refractivity contribution in [3.05, 3.63) is 47.2 Å². The van der Waals surface area contributed by atoms with Gasteiger partial charge in [-0.1, -0.05) is 11.6 Å². The van der Waals surface area contributed by atoms with Gasteiger partial charge in [-0.05, 0) is 24.3 Å². The van der Waals surface area contributed by atoms with E-state index in [1.54, 1.807) is 0 Å². The number of hydrogen-bond donors (Lipinski definition) is 5. The minimum absolute atomic E-state index is 0.00839. The molecule has 3 aromatic rings. The van der Waals surface area contributed by atoms with Crippen LogP contribution in [0.1, 0.15) is 5.56 Å². The van der Waals surface area contributed by atoms with Crippen LogP contribution in [0.2, 0.25) is 5.02 Å². The highest BCUT2D eigenvalue weighted by molar-refractivity contribution is 6.33. The maximum atomic E-state index is 13.6. The van der Waals surface area contributed by atoms with E-state index in [0.29, 0.717) is 5.39 Å². The third-order valence-electron chi connectivity index (χ3n) is 5.20. The summed E-state index contributed by atoms with van der Waals surface area (Å²) in [7, 11) is 1.27. The molecule has 5 N–H and O–H groups in total. The molecular weight excluding hydrogens is 514 g/mol. The number of hydrogen-bond acceptors (Lipinski definition) is 9. The molecule has 0 unspecified atom stereocenters. The number of benzene rings is 2. The molecule has 0 aliphatic heterocycles. The Morgan fingerprint density at radius 1 is 1.03 bits per heavy atom. The molecule has 0 fully saturated rings. The number of halogens is 5. The lowest BCUT2D eigenvalue weighted by molar-refractivity contribution is -0.137. The second-order valence-corrected chi connectivity index (χ2v) is 7.99. The number of rotatable bonds is 10. The number of anilines is 2. The van der Waals surface area contributed by atoms with Gasteiger partial charge >= 0.3 is 6.18 Å². The summed E-state index contributed by atoms with van der Waals surface area (Å²) in [5.41, 5.74) is -0.765. The van der Waals surface area contributed by atoms with Crippen molar-refractivity contribution in [1.29, 1.82) is 0 Å². The molecule has 4 atom stereocenters. The molecule has 0 amide bonds. The monoisotopic (exact) mass is 535 g/mol. The molecule has 0 bridgehead atoms. The molecule has 0 aliphatic rings. The first-order chi connectivity index (χ1) is 17.0. The summed E-state index contributed by atoms with van der Waals surface area (Å²) in [6.45, 7) is -1.89. The summed E-state index contributed by atoms with van der Waals surface area (Å²) in [5, 5.41) is 41.5. The fourth-order valence-corrected chi connectivity index (χ4v) is 3.42. The van der Waals surface area contributed by atoms with Gasteiger partial charge in [0.25, 0.3) is 0 Å². The van der Waals surface area contributed by atoms with Gasteiger partial charge in [0.1, 0.15) is 24.4 Å². The Balaban J connectivity index is 1.97. The highest BCUT2D eigenvalue weighted by Gasteiger charge is 2.34. The van der Waals surface area contributed by atoms with E-state index in [2.05, 4.69) is 15.3 Å². The molecule has 0 saturated carbocycles. The number of fused-ring (bicyclic) bond motifs is 1. The van der Waals surface area contributed by atoms with Crippen LogP contribution in [0.5, 0.6) is 11.5 Å². The average Bonchev–Trinajstić information content (AvgIpc) is 2.86. The summed E-state index contributed by atoms with van der Waals surface area (Å²) in [6, 6.07) is 5.48. The predicted octanol–water partition coefficient (Wildman–Crippen LogP) is 2.85. The standard InChI is InChI=1S/C22H22ClF4N3O6/c1-35-16-5-11-14(6-17(16)36-18(8-32)20(34)19(33)13(24)7-31)28-9-29-21(11)30-15-4-10(22(25,26)27)2-3-12(15)23/h2-6,9,13,18-20,31-34H,7-8H2,1H3,(H,28,29,30)/t13-,18-,19+,20+/m1/s1. The summed E-state index contributed by atoms with van der Waals surface area (Å²) < 4.78 is 63.8. The minimum atomic E-state index is -4.59. The molecule has 0 aliphatic carbocycles. The lowest BCUT2D eigenvalue weighted by Gasteiger charge is -2.28. The molecule has 3 rings (SSSR count). The topological polar surface area (TPSA) is 137 Å². The van der Waals surface area contributed by atoms with Gasteiger partial charge in [-0.2, -0.15) is 13.2 Å². The van der Waals surface area contributed by atoms with Crippen LogP contribution in [0.15, 0.2) is 36.7 Å². The van der Waals surface area contributed by atoms with Crippen LogP contribution >= 0.6 is 11.6 Å².